The topological polar surface area (TPSA) is 80.4 Å². The molecular weight excluding hydrogens is 379 g/mol. The molecule has 1 aromatic carbocycles. The minimum absolute atomic E-state index is 0.00599. The molecule has 0 radical (unpaired) electrons. The van der Waals surface area contributed by atoms with E-state index < -0.39 is 12.1 Å². The highest BCUT2D eigenvalue weighted by atomic mass is 35.5. The van der Waals surface area contributed by atoms with Crippen LogP contribution >= 0.6 is 23.2 Å². The minimum atomic E-state index is -0.688. The van der Waals surface area contributed by atoms with Crippen molar-refractivity contribution in [3.8, 4) is 0 Å². The quantitative estimate of drug-likeness (QED) is 0.773. The van der Waals surface area contributed by atoms with Gasteiger partial charge in [0.05, 0.1) is 12.3 Å². The maximum atomic E-state index is 13.1. The number of rotatable bonds is 2. The number of imide groups is 1. The summed E-state index contributed by atoms with van der Waals surface area (Å²) in [5.41, 5.74) is 4.17. The number of nitrogens with zero attached hydrogens (tertiary/aromatic N) is 5. The van der Waals surface area contributed by atoms with Crippen LogP contribution in [-0.2, 0) is 11.3 Å². The van der Waals surface area contributed by atoms with Crippen LogP contribution in [0.2, 0.25) is 10.0 Å². The molecule has 1 unspecified atom stereocenters. The molecular formula is C16H15Cl2N6O2+. The van der Waals surface area contributed by atoms with Gasteiger partial charge in [0, 0.05) is 22.7 Å². The van der Waals surface area contributed by atoms with Crippen molar-refractivity contribution in [2.24, 2.45) is 10.1 Å². The van der Waals surface area contributed by atoms with Crippen LogP contribution in [0.15, 0.2) is 28.3 Å². The van der Waals surface area contributed by atoms with Crippen molar-refractivity contribution in [2.45, 2.75) is 19.5 Å². The first kappa shape index (κ1) is 17.0. The van der Waals surface area contributed by atoms with Gasteiger partial charge in [0.1, 0.15) is 6.54 Å². The summed E-state index contributed by atoms with van der Waals surface area (Å²) in [6.45, 7) is 2.30. The molecule has 1 fully saturated rings. The molecule has 4 rings (SSSR count). The fraction of sp³-hybridized carbons (Fsp3) is 0.312. The minimum Gasteiger partial charge on any atom is -0.270 e. The lowest BCUT2D eigenvalue weighted by Gasteiger charge is -2.34. The number of fused-ring (bicyclic) bond motifs is 2. The molecule has 0 spiro atoms. The number of benzene rings is 1. The molecule has 0 saturated carbocycles. The van der Waals surface area contributed by atoms with Gasteiger partial charge in [0.15, 0.2) is 0 Å². The van der Waals surface area contributed by atoms with Crippen molar-refractivity contribution >= 4 is 52.6 Å². The molecule has 1 atom stereocenters. The Morgan fingerprint density at radius 3 is 2.69 bits per heavy atom. The van der Waals surface area contributed by atoms with E-state index in [2.05, 4.69) is 15.5 Å². The van der Waals surface area contributed by atoms with Crippen LogP contribution in [0.4, 0.5) is 4.79 Å². The number of hydrazone groups is 1. The van der Waals surface area contributed by atoms with Gasteiger partial charge in [-0.05, 0) is 19.1 Å². The monoisotopic (exact) mass is 393 g/mol. The first-order valence-electron chi connectivity index (χ1n) is 7.92. The van der Waals surface area contributed by atoms with Gasteiger partial charge in [-0.15, -0.1) is 5.10 Å². The molecule has 3 aliphatic heterocycles. The highest BCUT2D eigenvalue weighted by Crippen LogP contribution is 2.28. The molecule has 3 aliphatic rings. The van der Waals surface area contributed by atoms with Crippen molar-refractivity contribution in [2.75, 3.05) is 13.6 Å². The van der Waals surface area contributed by atoms with Gasteiger partial charge in [-0.25, -0.2) is 9.37 Å². The third kappa shape index (κ3) is 2.48. The smallest absolute Gasteiger partial charge is 0.270 e. The van der Waals surface area contributed by atoms with E-state index in [-0.39, 0.29) is 12.5 Å². The Labute approximate surface area is 159 Å². The lowest BCUT2D eigenvalue weighted by atomic mass is 10.1. The third-order valence-corrected chi connectivity index (χ3v) is 5.24. The molecule has 26 heavy (non-hydrogen) atoms. The van der Waals surface area contributed by atoms with Crippen LogP contribution in [0.5, 0.6) is 0 Å². The Morgan fingerprint density at radius 2 is 2.00 bits per heavy atom. The summed E-state index contributed by atoms with van der Waals surface area (Å²) in [7, 11) is 1.59. The van der Waals surface area contributed by atoms with Crippen LogP contribution in [-0.4, -0.2) is 63.5 Å². The van der Waals surface area contributed by atoms with Crippen LogP contribution in [0, 0.1) is 0 Å². The molecule has 10 heteroatoms. The molecule has 1 saturated heterocycles. The lowest BCUT2D eigenvalue weighted by molar-refractivity contribution is -0.524. The third-order valence-electron chi connectivity index (χ3n) is 4.53. The van der Waals surface area contributed by atoms with E-state index in [0.29, 0.717) is 33.9 Å². The van der Waals surface area contributed by atoms with Gasteiger partial charge >= 0.3 is 12.0 Å². The van der Waals surface area contributed by atoms with Crippen LogP contribution in [0.25, 0.3) is 0 Å². The molecule has 134 valence electrons. The molecule has 8 nitrogen and oxygen atoms in total. The summed E-state index contributed by atoms with van der Waals surface area (Å²) < 4.78 is 1.80. The molecule has 1 aromatic rings. The average molecular weight is 394 g/mol. The van der Waals surface area contributed by atoms with Gasteiger partial charge < -0.3 is 0 Å². The average Bonchev–Trinajstić information content (AvgIpc) is 2.98. The number of hydrogen-bond donors (Lipinski definition) is 1. The zero-order valence-corrected chi connectivity index (χ0v) is 15.5. The van der Waals surface area contributed by atoms with E-state index in [1.807, 2.05) is 6.92 Å². The number of nitrogens with one attached hydrogen (secondary N) is 1. The highest BCUT2D eigenvalue weighted by Gasteiger charge is 2.53. The Kier molecular flexibility index (Phi) is 3.96. The first-order chi connectivity index (χ1) is 12.4. The maximum absolute atomic E-state index is 13.1. The maximum Gasteiger partial charge on any atom is 0.414 e. The second-order valence-corrected chi connectivity index (χ2v) is 7.06. The van der Waals surface area contributed by atoms with E-state index in [9.17, 15) is 9.59 Å². The largest absolute Gasteiger partial charge is 0.414 e. The van der Waals surface area contributed by atoms with Gasteiger partial charge in [-0.1, -0.05) is 34.3 Å². The number of carbonyl (C=O) groups excluding carboxylic acids is 2. The standard InChI is InChI=1S/C16H14Cl2N6O2/c1-8-6-23-12-13(19-15(23)21-20-8)22(2)16(26)24(14(12)25)7-9-10(17)4-3-5-11(9)18/h3-5,12H,6-7H2,1-2H3/p+1. The van der Waals surface area contributed by atoms with E-state index in [4.69, 9.17) is 23.2 Å². The summed E-state index contributed by atoms with van der Waals surface area (Å²) in [6, 6.07) is 3.90. The summed E-state index contributed by atoms with van der Waals surface area (Å²) in [5.74, 6) is 0.476. The zero-order valence-electron chi connectivity index (χ0n) is 14.0. The molecule has 3 heterocycles. The number of urea groups is 1. The Balaban J connectivity index is 1.70. The lowest BCUT2D eigenvalue weighted by Crippen LogP contribution is -2.63. The van der Waals surface area contributed by atoms with Gasteiger partial charge in [0.2, 0.25) is 11.9 Å². The van der Waals surface area contributed by atoms with Crippen molar-refractivity contribution < 1.29 is 14.2 Å². The number of amides is 3. The number of guanidine groups is 1. The second-order valence-electron chi connectivity index (χ2n) is 6.25. The molecule has 0 bridgehead atoms. The molecule has 0 aromatic heterocycles. The SMILES string of the molecule is CC1=NNC2=[N+](C1)C1C(=O)N(Cc3c(Cl)cccc3Cl)C(=O)N(C)C1=N2. The summed E-state index contributed by atoms with van der Waals surface area (Å²) in [4.78, 5) is 32.8. The fourth-order valence-electron chi connectivity index (χ4n) is 3.19. The summed E-state index contributed by atoms with van der Waals surface area (Å²) >= 11 is 12.4. The number of aliphatic imine (C=N–C) groups is 1. The summed E-state index contributed by atoms with van der Waals surface area (Å²) in [5, 5.41) is 4.94. The normalized spacial score (nSPS) is 22.1. The predicted octanol–water partition coefficient (Wildman–Crippen LogP) is 1.52. The zero-order chi connectivity index (χ0) is 18.6. The van der Waals surface area contributed by atoms with E-state index in [1.54, 1.807) is 29.8 Å². The summed E-state index contributed by atoms with van der Waals surface area (Å²) in [6.07, 6.45) is 0. The Bertz CT molecular complexity index is 918. The fourth-order valence-corrected chi connectivity index (χ4v) is 3.71. The van der Waals surface area contributed by atoms with Crippen LogP contribution < -0.4 is 5.43 Å². The molecule has 1 N–H and O–H groups in total. The predicted molar refractivity (Wildman–Crippen MR) is 97.8 cm³/mol. The van der Waals surface area contributed by atoms with Gasteiger partial charge in [-0.2, -0.15) is 5.43 Å². The number of carbonyl (C=O) groups is 2. The van der Waals surface area contributed by atoms with Crippen molar-refractivity contribution in [1.29, 1.82) is 0 Å². The van der Waals surface area contributed by atoms with Crippen molar-refractivity contribution in [3.05, 3.63) is 33.8 Å². The van der Waals surface area contributed by atoms with Crippen LogP contribution in [0.3, 0.4) is 0 Å². The van der Waals surface area contributed by atoms with Crippen molar-refractivity contribution in [1.82, 2.24) is 15.2 Å². The number of likely N-dealkylation sites (N-methyl/N-ethyl adjacent to an activating group) is 1. The Hall–Kier alpha value is -2.45. The second kappa shape index (κ2) is 6.07. The van der Waals surface area contributed by atoms with Gasteiger partial charge in [0.25, 0.3) is 5.91 Å². The number of halogens is 2. The van der Waals surface area contributed by atoms with E-state index in [0.717, 1.165) is 10.6 Å². The molecule has 3 amide bonds. The molecule has 0 aliphatic carbocycles. The van der Waals surface area contributed by atoms with E-state index in [1.165, 1.54) is 4.90 Å². The van der Waals surface area contributed by atoms with Gasteiger partial charge in [-0.3, -0.25) is 14.6 Å². The highest BCUT2D eigenvalue weighted by molar-refractivity contribution is 6.36. The van der Waals surface area contributed by atoms with E-state index >= 15 is 0 Å². The Morgan fingerprint density at radius 1 is 1.31 bits per heavy atom. The number of hydrogen-bond acceptors (Lipinski definition) is 5. The van der Waals surface area contributed by atoms with Crippen molar-refractivity contribution in [3.63, 3.8) is 0 Å². The van der Waals surface area contributed by atoms with Crippen LogP contribution in [0.1, 0.15) is 12.5 Å². The first-order valence-corrected chi connectivity index (χ1v) is 8.67. The number of amidine groups is 1.